The second-order valence-corrected chi connectivity index (χ2v) is 4.72. The Labute approximate surface area is 102 Å². The first-order valence-electron chi connectivity index (χ1n) is 6.16. The summed E-state index contributed by atoms with van der Waals surface area (Å²) in [7, 11) is 1.92. The molecule has 0 bridgehead atoms. The molecule has 0 radical (unpaired) electrons. The van der Waals surface area contributed by atoms with Crippen molar-refractivity contribution < 1.29 is 9.21 Å². The molecule has 2 rings (SSSR count). The number of hydrogen-bond donors (Lipinski definition) is 1. The zero-order chi connectivity index (χ0) is 12.4. The highest BCUT2D eigenvalue weighted by molar-refractivity contribution is 5.93. The van der Waals surface area contributed by atoms with E-state index in [1.807, 2.05) is 31.9 Å². The normalized spacial score (nSPS) is 19.9. The Bertz CT molecular complexity index is 412. The van der Waals surface area contributed by atoms with Crippen molar-refractivity contribution in [2.24, 2.45) is 0 Å². The number of likely N-dealkylation sites (tertiary alicyclic amines) is 1. The third-order valence-corrected chi connectivity index (χ3v) is 3.31. The lowest BCUT2D eigenvalue weighted by Gasteiger charge is -2.23. The summed E-state index contributed by atoms with van der Waals surface area (Å²) < 4.78 is 5.50. The number of hydrogen-bond acceptors (Lipinski definition) is 3. The van der Waals surface area contributed by atoms with E-state index in [0.29, 0.717) is 11.8 Å². The van der Waals surface area contributed by atoms with Crippen LogP contribution < -0.4 is 5.32 Å². The number of furan rings is 1. The molecule has 1 N–H and O–H groups in total. The van der Waals surface area contributed by atoms with Crippen molar-refractivity contribution in [3.05, 3.63) is 23.2 Å². The first-order chi connectivity index (χ1) is 8.13. The highest BCUT2D eigenvalue weighted by atomic mass is 16.4. The number of rotatable bonds is 3. The molecule has 2 heterocycles. The van der Waals surface area contributed by atoms with Crippen molar-refractivity contribution in [2.45, 2.75) is 32.7 Å². The van der Waals surface area contributed by atoms with Crippen molar-refractivity contribution in [3.8, 4) is 0 Å². The van der Waals surface area contributed by atoms with E-state index in [9.17, 15) is 4.79 Å². The van der Waals surface area contributed by atoms with Crippen LogP contribution in [-0.4, -0.2) is 37.0 Å². The molecule has 1 unspecified atom stereocenters. The van der Waals surface area contributed by atoms with E-state index in [2.05, 4.69) is 5.32 Å². The predicted molar refractivity (Wildman–Crippen MR) is 66.2 cm³/mol. The molecule has 1 aliphatic heterocycles. The molecular formula is C13H20N2O2. The highest BCUT2D eigenvalue weighted by Gasteiger charge is 2.31. The van der Waals surface area contributed by atoms with Crippen LogP contribution in [0, 0.1) is 13.8 Å². The van der Waals surface area contributed by atoms with Gasteiger partial charge in [-0.3, -0.25) is 4.79 Å². The standard InChI is InChI=1S/C13H20N2O2/c1-9-7-10(2)17-12(9)13(16)15-6-4-5-11(15)8-14-3/h7,11,14H,4-6,8H2,1-3H3. The van der Waals surface area contributed by atoms with Crippen LogP contribution >= 0.6 is 0 Å². The van der Waals surface area contributed by atoms with Gasteiger partial charge in [0.15, 0.2) is 5.76 Å². The van der Waals surface area contributed by atoms with Crippen molar-refractivity contribution in [2.75, 3.05) is 20.1 Å². The van der Waals surface area contributed by atoms with Gasteiger partial charge in [0, 0.05) is 24.7 Å². The number of aryl methyl sites for hydroxylation is 2. The van der Waals surface area contributed by atoms with Crippen LogP contribution in [0.5, 0.6) is 0 Å². The van der Waals surface area contributed by atoms with Crippen LogP contribution in [0.4, 0.5) is 0 Å². The maximum absolute atomic E-state index is 12.4. The van der Waals surface area contributed by atoms with E-state index >= 15 is 0 Å². The fourth-order valence-electron chi connectivity index (χ4n) is 2.54. The molecule has 1 fully saturated rings. The summed E-state index contributed by atoms with van der Waals surface area (Å²) in [6.07, 6.45) is 2.15. The molecule has 1 aromatic heterocycles. The van der Waals surface area contributed by atoms with E-state index in [4.69, 9.17) is 4.42 Å². The Balaban J connectivity index is 2.16. The molecule has 17 heavy (non-hydrogen) atoms. The third-order valence-electron chi connectivity index (χ3n) is 3.31. The molecule has 0 aliphatic carbocycles. The Hall–Kier alpha value is -1.29. The zero-order valence-corrected chi connectivity index (χ0v) is 10.7. The Kier molecular flexibility index (Phi) is 3.52. The minimum atomic E-state index is 0.0355. The third kappa shape index (κ3) is 2.36. The van der Waals surface area contributed by atoms with E-state index in [1.54, 1.807) is 0 Å². The van der Waals surface area contributed by atoms with Gasteiger partial charge in [-0.15, -0.1) is 0 Å². The largest absolute Gasteiger partial charge is 0.456 e. The summed E-state index contributed by atoms with van der Waals surface area (Å²) in [6, 6.07) is 2.22. The van der Waals surface area contributed by atoms with E-state index in [0.717, 1.165) is 37.3 Å². The van der Waals surface area contributed by atoms with Crippen LogP contribution in [0.2, 0.25) is 0 Å². The molecule has 1 saturated heterocycles. The average Bonchev–Trinajstić information content (AvgIpc) is 2.85. The summed E-state index contributed by atoms with van der Waals surface area (Å²) in [5, 5.41) is 3.14. The number of likely N-dealkylation sites (N-methyl/N-ethyl adjacent to an activating group) is 1. The van der Waals surface area contributed by atoms with Gasteiger partial charge in [-0.1, -0.05) is 0 Å². The molecule has 94 valence electrons. The Morgan fingerprint density at radius 2 is 2.35 bits per heavy atom. The van der Waals surface area contributed by atoms with Crippen molar-refractivity contribution in [1.29, 1.82) is 0 Å². The highest BCUT2D eigenvalue weighted by Crippen LogP contribution is 2.22. The van der Waals surface area contributed by atoms with Gasteiger partial charge in [0.2, 0.25) is 0 Å². The van der Waals surface area contributed by atoms with Crippen molar-refractivity contribution in [1.82, 2.24) is 10.2 Å². The lowest BCUT2D eigenvalue weighted by molar-refractivity contribution is 0.0702. The summed E-state index contributed by atoms with van der Waals surface area (Å²) >= 11 is 0. The Morgan fingerprint density at radius 1 is 1.59 bits per heavy atom. The molecule has 1 aliphatic rings. The van der Waals surface area contributed by atoms with Gasteiger partial charge in [-0.2, -0.15) is 0 Å². The van der Waals surface area contributed by atoms with E-state index in [-0.39, 0.29) is 5.91 Å². The lowest BCUT2D eigenvalue weighted by atomic mass is 10.2. The molecule has 1 amide bonds. The quantitative estimate of drug-likeness (QED) is 0.869. The van der Waals surface area contributed by atoms with Crippen LogP contribution in [0.1, 0.15) is 34.7 Å². The number of carbonyl (C=O) groups is 1. The van der Waals surface area contributed by atoms with Crippen molar-refractivity contribution in [3.63, 3.8) is 0 Å². The van der Waals surface area contributed by atoms with Gasteiger partial charge < -0.3 is 14.6 Å². The summed E-state index contributed by atoms with van der Waals surface area (Å²) in [5.41, 5.74) is 0.933. The first-order valence-corrected chi connectivity index (χ1v) is 6.16. The summed E-state index contributed by atoms with van der Waals surface area (Å²) in [5.74, 6) is 1.34. The van der Waals surface area contributed by atoms with Gasteiger partial charge in [0.1, 0.15) is 5.76 Å². The molecule has 1 aromatic rings. The summed E-state index contributed by atoms with van der Waals surface area (Å²) in [6.45, 7) is 5.49. The minimum Gasteiger partial charge on any atom is -0.456 e. The number of nitrogens with one attached hydrogen (secondary N) is 1. The fourth-order valence-corrected chi connectivity index (χ4v) is 2.54. The van der Waals surface area contributed by atoms with Gasteiger partial charge in [-0.05, 0) is 39.8 Å². The predicted octanol–water partition coefficient (Wildman–Crippen LogP) is 1.72. The second-order valence-electron chi connectivity index (χ2n) is 4.72. The number of carbonyl (C=O) groups excluding carboxylic acids is 1. The molecule has 1 atom stereocenters. The molecular weight excluding hydrogens is 216 g/mol. The second kappa shape index (κ2) is 4.92. The molecule has 4 heteroatoms. The zero-order valence-electron chi connectivity index (χ0n) is 10.7. The lowest BCUT2D eigenvalue weighted by Crippen LogP contribution is -2.40. The van der Waals surface area contributed by atoms with Gasteiger partial charge in [0.25, 0.3) is 5.91 Å². The SMILES string of the molecule is CNCC1CCCN1C(=O)c1oc(C)cc1C. The smallest absolute Gasteiger partial charge is 0.290 e. The average molecular weight is 236 g/mol. The van der Waals surface area contributed by atoms with Crippen molar-refractivity contribution >= 4 is 5.91 Å². The minimum absolute atomic E-state index is 0.0355. The summed E-state index contributed by atoms with van der Waals surface area (Å²) in [4.78, 5) is 14.3. The van der Waals surface area contributed by atoms with Crippen LogP contribution in [0.15, 0.2) is 10.5 Å². The monoisotopic (exact) mass is 236 g/mol. The topological polar surface area (TPSA) is 45.5 Å². The molecule has 4 nitrogen and oxygen atoms in total. The molecule has 0 saturated carbocycles. The molecule has 0 aromatic carbocycles. The first kappa shape index (κ1) is 12.2. The number of nitrogens with zero attached hydrogens (tertiary/aromatic N) is 1. The Morgan fingerprint density at radius 3 is 2.94 bits per heavy atom. The van der Waals surface area contributed by atoms with E-state index in [1.165, 1.54) is 0 Å². The van der Waals surface area contributed by atoms with Gasteiger partial charge >= 0.3 is 0 Å². The van der Waals surface area contributed by atoms with E-state index < -0.39 is 0 Å². The maximum Gasteiger partial charge on any atom is 0.290 e. The van der Waals surface area contributed by atoms with Crippen LogP contribution in [0.3, 0.4) is 0 Å². The van der Waals surface area contributed by atoms with Gasteiger partial charge in [0.05, 0.1) is 0 Å². The molecule has 0 spiro atoms. The van der Waals surface area contributed by atoms with Gasteiger partial charge in [-0.25, -0.2) is 0 Å². The fraction of sp³-hybridized carbons (Fsp3) is 0.615. The van der Waals surface area contributed by atoms with Crippen LogP contribution in [0.25, 0.3) is 0 Å². The van der Waals surface area contributed by atoms with Crippen LogP contribution in [-0.2, 0) is 0 Å². The maximum atomic E-state index is 12.4. The number of amides is 1.